The van der Waals surface area contributed by atoms with E-state index < -0.39 is 0 Å². The Morgan fingerprint density at radius 3 is 2.60 bits per heavy atom. The molecule has 0 unspecified atom stereocenters. The van der Waals surface area contributed by atoms with Crippen molar-refractivity contribution in [3.63, 3.8) is 0 Å². The summed E-state index contributed by atoms with van der Waals surface area (Å²) in [6.45, 7) is 5.02. The van der Waals surface area contributed by atoms with Gasteiger partial charge in [-0.25, -0.2) is 0 Å². The van der Waals surface area contributed by atoms with Crippen LogP contribution in [0, 0.1) is 0 Å². The monoisotopic (exact) mass is 355 g/mol. The lowest BCUT2D eigenvalue weighted by Gasteiger charge is -2.13. The van der Waals surface area contributed by atoms with Gasteiger partial charge in [-0.05, 0) is 60.1 Å². The maximum atomic E-state index is 12.1. The first-order valence-corrected chi connectivity index (χ1v) is 7.57. The topological polar surface area (TPSA) is 31.2 Å². The van der Waals surface area contributed by atoms with Gasteiger partial charge in [0.05, 0.1) is 21.8 Å². The highest BCUT2D eigenvalue weighted by Gasteiger charge is 2.11. The summed E-state index contributed by atoms with van der Waals surface area (Å²) < 4.78 is 7.65. The van der Waals surface area contributed by atoms with Crippen molar-refractivity contribution in [3.8, 4) is 17.0 Å². The Morgan fingerprint density at radius 2 is 2.00 bits per heavy atom. The summed E-state index contributed by atoms with van der Waals surface area (Å²) in [7, 11) is 0. The number of ether oxygens (including phenoxy) is 1. The molecule has 0 amide bonds. The van der Waals surface area contributed by atoms with E-state index in [1.807, 2.05) is 32.0 Å². The molecule has 0 spiro atoms. The van der Waals surface area contributed by atoms with Crippen molar-refractivity contribution < 1.29 is 4.74 Å². The van der Waals surface area contributed by atoms with Crippen LogP contribution in [0.15, 0.2) is 39.6 Å². The molecule has 5 heteroatoms. The summed E-state index contributed by atoms with van der Waals surface area (Å²) in [6.07, 6.45) is 0. The molecule has 0 bridgehead atoms. The molecule has 0 N–H and O–H groups in total. The summed E-state index contributed by atoms with van der Waals surface area (Å²) in [6, 6.07) is 9.14. The smallest absolute Gasteiger partial charge is 0.265 e. The molecule has 1 aromatic heterocycles. The third-order valence-corrected chi connectivity index (χ3v) is 3.89. The number of nitrogens with zero attached hydrogens (tertiary/aromatic N) is 1. The van der Waals surface area contributed by atoms with Gasteiger partial charge in [-0.2, -0.15) is 0 Å². The third-order valence-electron chi connectivity index (χ3n) is 2.97. The molecule has 3 nitrogen and oxygen atoms in total. The molecular weight excluding hydrogens is 342 g/mol. The fourth-order valence-corrected chi connectivity index (χ4v) is 2.67. The van der Waals surface area contributed by atoms with Gasteiger partial charge in [-0.1, -0.05) is 11.6 Å². The molecule has 0 saturated heterocycles. The van der Waals surface area contributed by atoms with E-state index in [1.165, 1.54) is 0 Å². The highest BCUT2D eigenvalue weighted by molar-refractivity contribution is 9.10. The second-order valence-electron chi connectivity index (χ2n) is 4.19. The summed E-state index contributed by atoms with van der Waals surface area (Å²) >= 11 is 9.57. The first kappa shape index (κ1) is 15.1. The Kier molecular flexibility index (Phi) is 4.89. The third kappa shape index (κ3) is 2.91. The molecule has 1 heterocycles. The lowest BCUT2D eigenvalue weighted by molar-refractivity contribution is 0.340. The lowest BCUT2D eigenvalue weighted by atomic mass is 10.1. The summed E-state index contributed by atoms with van der Waals surface area (Å²) in [4.78, 5) is 12.1. The van der Waals surface area contributed by atoms with Crippen LogP contribution in [0.5, 0.6) is 5.75 Å². The van der Waals surface area contributed by atoms with Gasteiger partial charge in [-0.3, -0.25) is 4.79 Å². The SMILES string of the molecule is CCOc1ccc(-c2ccc(Br)c(=O)n2CC)c(Cl)c1. The van der Waals surface area contributed by atoms with E-state index in [1.54, 1.807) is 16.7 Å². The van der Waals surface area contributed by atoms with Gasteiger partial charge < -0.3 is 9.30 Å². The Labute approximate surface area is 131 Å². The van der Waals surface area contributed by atoms with E-state index in [2.05, 4.69) is 15.9 Å². The Bertz CT molecular complexity index is 682. The van der Waals surface area contributed by atoms with Crippen molar-refractivity contribution in [1.82, 2.24) is 4.57 Å². The van der Waals surface area contributed by atoms with E-state index in [0.29, 0.717) is 22.6 Å². The summed E-state index contributed by atoms with van der Waals surface area (Å²) in [5.74, 6) is 0.726. The number of hydrogen-bond acceptors (Lipinski definition) is 2. The predicted molar refractivity (Wildman–Crippen MR) is 85.7 cm³/mol. The molecule has 20 heavy (non-hydrogen) atoms. The molecule has 0 aliphatic carbocycles. The van der Waals surface area contributed by atoms with Crippen LogP contribution in [-0.4, -0.2) is 11.2 Å². The van der Waals surface area contributed by atoms with Gasteiger partial charge in [0.15, 0.2) is 0 Å². The van der Waals surface area contributed by atoms with Crippen LogP contribution in [0.1, 0.15) is 13.8 Å². The molecule has 0 radical (unpaired) electrons. The van der Waals surface area contributed by atoms with Crippen molar-refractivity contribution in [3.05, 3.63) is 50.2 Å². The summed E-state index contributed by atoms with van der Waals surface area (Å²) in [5.41, 5.74) is 1.56. The summed E-state index contributed by atoms with van der Waals surface area (Å²) in [5, 5.41) is 0.569. The molecule has 2 aromatic rings. The van der Waals surface area contributed by atoms with Crippen LogP contribution in [0.3, 0.4) is 0 Å². The van der Waals surface area contributed by atoms with Crippen molar-refractivity contribution >= 4 is 27.5 Å². The van der Waals surface area contributed by atoms with Gasteiger partial charge in [0, 0.05) is 12.1 Å². The Balaban J connectivity index is 2.57. The van der Waals surface area contributed by atoms with Crippen LogP contribution in [0.4, 0.5) is 0 Å². The fraction of sp³-hybridized carbons (Fsp3) is 0.267. The minimum Gasteiger partial charge on any atom is -0.494 e. The quantitative estimate of drug-likeness (QED) is 0.815. The molecule has 0 aliphatic rings. The highest BCUT2D eigenvalue weighted by atomic mass is 79.9. The van der Waals surface area contributed by atoms with Gasteiger partial charge >= 0.3 is 0 Å². The maximum absolute atomic E-state index is 12.1. The second-order valence-corrected chi connectivity index (χ2v) is 5.45. The van der Waals surface area contributed by atoms with Gasteiger partial charge in [0.25, 0.3) is 5.56 Å². The fourth-order valence-electron chi connectivity index (χ4n) is 2.06. The maximum Gasteiger partial charge on any atom is 0.265 e. The number of benzene rings is 1. The van der Waals surface area contributed by atoms with E-state index in [-0.39, 0.29) is 5.56 Å². The number of halogens is 2. The average molecular weight is 357 g/mol. The number of aromatic nitrogens is 1. The van der Waals surface area contributed by atoms with Crippen LogP contribution in [0.25, 0.3) is 11.3 Å². The molecule has 0 atom stereocenters. The van der Waals surface area contributed by atoms with E-state index >= 15 is 0 Å². The first-order chi connectivity index (χ1) is 9.58. The van der Waals surface area contributed by atoms with Crippen molar-refractivity contribution in [2.45, 2.75) is 20.4 Å². The van der Waals surface area contributed by atoms with Gasteiger partial charge in [0.1, 0.15) is 5.75 Å². The van der Waals surface area contributed by atoms with Crippen molar-refractivity contribution in [2.24, 2.45) is 0 Å². The number of rotatable bonds is 4. The molecule has 0 aliphatic heterocycles. The lowest BCUT2D eigenvalue weighted by Crippen LogP contribution is -2.21. The van der Waals surface area contributed by atoms with E-state index in [4.69, 9.17) is 16.3 Å². The molecule has 106 valence electrons. The normalized spacial score (nSPS) is 10.6. The average Bonchev–Trinajstić information content (AvgIpc) is 2.43. The highest BCUT2D eigenvalue weighted by Crippen LogP contribution is 2.31. The first-order valence-electron chi connectivity index (χ1n) is 6.40. The molecule has 0 fully saturated rings. The second kappa shape index (κ2) is 6.46. The minimum absolute atomic E-state index is 0.0602. The zero-order chi connectivity index (χ0) is 14.7. The number of hydrogen-bond donors (Lipinski definition) is 0. The van der Waals surface area contributed by atoms with Gasteiger partial charge in [-0.15, -0.1) is 0 Å². The van der Waals surface area contributed by atoms with Crippen LogP contribution >= 0.6 is 27.5 Å². The zero-order valence-corrected chi connectivity index (χ0v) is 13.7. The Morgan fingerprint density at radius 1 is 1.25 bits per heavy atom. The Hall–Kier alpha value is -1.26. The minimum atomic E-state index is -0.0602. The van der Waals surface area contributed by atoms with Crippen molar-refractivity contribution in [1.29, 1.82) is 0 Å². The molecule has 2 rings (SSSR count). The largest absolute Gasteiger partial charge is 0.494 e. The number of pyridine rings is 1. The van der Waals surface area contributed by atoms with Crippen LogP contribution in [-0.2, 0) is 6.54 Å². The standard InChI is InChI=1S/C15H15BrClNO2/c1-3-18-14(8-7-12(16)15(18)19)11-6-5-10(20-4-2)9-13(11)17/h5-9H,3-4H2,1-2H3. The molecular formula is C15H15BrClNO2. The predicted octanol–water partition coefficient (Wildman–Crippen LogP) is 4.35. The van der Waals surface area contributed by atoms with Crippen molar-refractivity contribution in [2.75, 3.05) is 6.61 Å². The van der Waals surface area contributed by atoms with Gasteiger partial charge in [0.2, 0.25) is 0 Å². The van der Waals surface area contributed by atoms with Crippen LogP contribution < -0.4 is 10.3 Å². The molecule has 1 aromatic carbocycles. The van der Waals surface area contributed by atoms with E-state index in [9.17, 15) is 4.79 Å². The molecule has 0 saturated carbocycles. The van der Waals surface area contributed by atoms with E-state index in [0.717, 1.165) is 17.0 Å². The van der Waals surface area contributed by atoms with Crippen LogP contribution in [0.2, 0.25) is 5.02 Å². The zero-order valence-electron chi connectivity index (χ0n) is 11.3.